The molecule has 3 heterocycles. The van der Waals surface area contributed by atoms with E-state index in [-0.39, 0.29) is 11.4 Å². The standard InChI is InChI=1S/C17H13N5O/c18-16-15-13(21-22(16)14-8-4-5-9-19-14)10-12(20-17(15)23)11-6-2-1-3-7-11/h1-10H,18H2,(H,20,23). The fraction of sp³-hybridized carbons (Fsp3) is 0. The zero-order valence-corrected chi connectivity index (χ0v) is 12.1. The number of nitrogens with one attached hydrogen (secondary N) is 1. The molecule has 0 radical (unpaired) electrons. The van der Waals surface area contributed by atoms with Crippen molar-refractivity contribution in [2.24, 2.45) is 0 Å². The van der Waals surface area contributed by atoms with Gasteiger partial charge in [0.2, 0.25) is 0 Å². The average Bonchev–Trinajstić information content (AvgIpc) is 2.94. The molecule has 0 unspecified atom stereocenters. The highest BCUT2D eigenvalue weighted by Crippen LogP contribution is 2.23. The molecule has 6 nitrogen and oxygen atoms in total. The Kier molecular flexibility index (Phi) is 2.94. The summed E-state index contributed by atoms with van der Waals surface area (Å²) in [5.41, 5.74) is 7.99. The number of nitrogens with two attached hydrogens (primary N) is 1. The lowest BCUT2D eigenvalue weighted by Gasteiger charge is -2.01. The Bertz CT molecular complexity index is 1040. The maximum atomic E-state index is 12.4. The number of aromatic nitrogens is 4. The fourth-order valence-electron chi connectivity index (χ4n) is 2.57. The van der Waals surface area contributed by atoms with Crippen LogP contribution < -0.4 is 11.3 Å². The van der Waals surface area contributed by atoms with Crippen LogP contribution in [0.3, 0.4) is 0 Å². The quantitative estimate of drug-likeness (QED) is 0.595. The summed E-state index contributed by atoms with van der Waals surface area (Å²) in [6.45, 7) is 0. The molecule has 0 saturated carbocycles. The molecular weight excluding hydrogens is 290 g/mol. The molecule has 0 spiro atoms. The lowest BCUT2D eigenvalue weighted by Crippen LogP contribution is -2.09. The third kappa shape index (κ3) is 2.17. The molecule has 0 saturated heterocycles. The maximum absolute atomic E-state index is 12.4. The van der Waals surface area contributed by atoms with Gasteiger partial charge in [-0.25, -0.2) is 4.98 Å². The molecule has 4 rings (SSSR count). The number of fused-ring (bicyclic) bond motifs is 1. The van der Waals surface area contributed by atoms with Crippen LogP contribution in [0.2, 0.25) is 0 Å². The molecule has 0 atom stereocenters. The van der Waals surface area contributed by atoms with Crippen molar-refractivity contribution in [3.8, 4) is 17.1 Å². The van der Waals surface area contributed by atoms with Gasteiger partial charge >= 0.3 is 0 Å². The van der Waals surface area contributed by atoms with Gasteiger partial charge in [-0.15, -0.1) is 0 Å². The molecule has 23 heavy (non-hydrogen) atoms. The topological polar surface area (TPSA) is 89.6 Å². The Morgan fingerprint density at radius 1 is 1.04 bits per heavy atom. The van der Waals surface area contributed by atoms with E-state index in [1.807, 2.05) is 48.5 Å². The first kappa shape index (κ1) is 13.3. The summed E-state index contributed by atoms with van der Waals surface area (Å²) in [7, 11) is 0. The van der Waals surface area contributed by atoms with Gasteiger partial charge in [0, 0.05) is 6.20 Å². The Hall–Kier alpha value is -3.41. The Labute approximate surface area is 131 Å². The number of nitrogens with zero attached hydrogens (tertiary/aromatic N) is 3. The van der Waals surface area contributed by atoms with Crippen molar-refractivity contribution in [3.63, 3.8) is 0 Å². The molecule has 1 aromatic carbocycles. The molecule has 0 aliphatic carbocycles. The smallest absolute Gasteiger partial charge is 0.261 e. The van der Waals surface area contributed by atoms with Gasteiger partial charge in [0.05, 0.1) is 5.69 Å². The van der Waals surface area contributed by atoms with Gasteiger partial charge in [-0.2, -0.15) is 9.78 Å². The Morgan fingerprint density at radius 2 is 1.83 bits per heavy atom. The molecule has 0 aliphatic heterocycles. The molecule has 3 N–H and O–H groups in total. The van der Waals surface area contributed by atoms with Crippen LogP contribution in [0.15, 0.2) is 65.6 Å². The summed E-state index contributed by atoms with van der Waals surface area (Å²) in [4.78, 5) is 19.5. The van der Waals surface area contributed by atoms with Crippen molar-refractivity contribution in [2.45, 2.75) is 0 Å². The zero-order chi connectivity index (χ0) is 15.8. The average molecular weight is 303 g/mol. The van der Waals surface area contributed by atoms with Crippen molar-refractivity contribution in [3.05, 3.63) is 71.1 Å². The normalized spacial score (nSPS) is 11.0. The van der Waals surface area contributed by atoms with E-state index in [1.165, 1.54) is 4.68 Å². The Balaban J connectivity index is 1.97. The minimum absolute atomic E-state index is 0.263. The van der Waals surface area contributed by atoms with E-state index in [2.05, 4.69) is 15.1 Å². The molecule has 6 heteroatoms. The minimum atomic E-state index is -0.263. The zero-order valence-electron chi connectivity index (χ0n) is 12.1. The lowest BCUT2D eigenvalue weighted by atomic mass is 10.1. The van der Waals surface area contributed by atoms with Crippen LogP contribution in [0.1, 0.15) is 0 Å². The number of nitrogen functional groups attached to an aromatic ring is 1. The minimum Gasteiger partial charge on any atom is -0.383 e. The van der Waals surface area contributed by atoms with E-state index >= 15 is 0 Å². The summed E-state index contributed by atoms with van der Waals surface area (Å²) >= 11 is 0. The second-order valence-corrected chi connectivity index (χ2v) is 5.12. The van der Waals surface area contributed by atoms with Gasteiger partial charge in [0.1, 0.15) is 16.7 Å². The summed E-state index contributed by atoms with van der Waals surface area (Å²) in [6.07, 6.45) is 1.65. The van der Waals surface area contributed by atoms with Crippen molar-refractivity contribution in [1.29, 1.82) is 0 Å². The number of hydrogen-bond acceptors (Lipinski definition) is 4. The second kappa shape index (κ2) is 5.10. The molecule has 3 aromatic heterocycles. The molecular formula is C17H13N5O. The molecule has 0 aliphatic rings. The molecule has 0 amide bonds. The van der Waals surface area contributed by atoms with Crippen molar-refractivity contribution < 1.29 is 0 Å². The van der Waals surface area contributed by atoms with Crippen LogP contribution >= 0.6 is 0 Å². The number of aromatic amines is 1. The highest BCUT2D eigenvalue weighted by molar-refractivity contribution is 5.91. The van der Waals surface area contributed by atoms with Gasteiger partial charge in [-0.3, -0.25) is 4.79 Å². The number of rotatable bonds is 2. The monoisotopic (exact) mass is 303 g/mol. The SMILES string of the molecule is Nc1c2c(=O)[nH]c(-c3ccccc3)cc2nn1-c1ccccn1. The fourth-order valence-corrected chi connectivity index (χ4v) is 2.57. The van der Waals surface area contributed by atoms with Crippen LogP contribution in [0.25, 0.3) is 28.0 Å². The van der Waals surface area contributed by atoms with Gasteiger partial charge in [0.25, 0.3) is 5.56 Å². The molecule has 0 bridgehead atoms. The predicted molar refractivity (Wildman–Crippen MR) is 89.3 cm³/mol. The summed E-state index contributed by atoms with van der Waals surface area (Å²) in [6, 6.07) is 16.9. The number of hydrogen-bond donors (Lipinski definition) is 2. The van der Waals surface area contributed by atoms with Crippen LogP contribution in [0.5, 0.6) is 0 Å². The van der Waals surface area contributed by atoms with Gasteiger partial charge in [0.15, 0.2) is 5.82 Å². The van der Waals surface area contributed by atoms with Crippen molar-refractivity contribution in [2.75, 3.05) is 5.73 Å². The van der Waals surface area contributed by atoms with E-state index in [9.17, 15) is 4.79 Å². The van der Waals surface area contributed by atoms with E-state index in [0.29, 0.717) is 22.4 Å². The highest BCUT2D eigenvalue weighted by Gasteiger charge is 2.15. The Morgan fingerprint density at radius 3 is 2.57 bits per heavy atom. The summed E-state index contributed by atoms with van der Waals surface area (Å²) in [5.74, 6) is 0.849. The third-order valence-corrected chi connectivity index (χ3v) is 3.66. The number of benzene rings is 1. The van der Waals surface area contributed by atoms with Gasteiger partial charge in [-0.05, 0) is 23.8 Å². The molecule has 4 aromatic rings. The highest BCUT2D eigenvalue weighted by atomic mass is 16.1. The second-order valence-electron chi connectivity index (χ2n) is 5.12. The van der Waals surface area contributed by atoms with Crippen LogP contribution in [0, 0.1) is 0 Å². The van der Waals surface area contributed by atoms with Crippen LogP contribution in [0.4, 0.5) is 5.82 Å². The number of pyridine rings is 2. The summed E-state index contributed by atoms with van der Waals surface area (Å²) in [5, 5.41) is 4.81. The number of H-pyrrole nitrogens is 1. The van der Waals surface area contributed by atoms with Crippen LogP contribution in [-0.2, 0) is 0 Å². The predicted octanol–water partition coefficient (Wildman–Crippen LogP) is 2.36. The van der Waals surface area contributed by atoms with Crippen LogP contribution in [-0.4, -0.2) is 19.7 Å². The van der Waals surface area contributed by atoms with Crippen molar-refractivity contribution >= 4 is 16.7 Å². The first-order valence-electron chi connectivity index (χ1n) is 7.12. The first-order chi connectivity index (χ1) is 11.2. The van der Waals surface area contributed by atoms with E-state index < -0.39 is 0 Å². The molecule has 0 fully saturated rings. The molecule has 112 valence electrons. The third-order valence-electron chi connectivity index (χ3n) is 3.66. The largest absolute Gasteiger partial charge is 0.383 e. The maximum Gasteiger partial charge on any atom is 0.261 e. The van der Waals surface area contributed by atoms with E-state index in [0.717, 1.165) is 5.56 Å². The summed E-state index contributed by atoms with van der Waals surface area (Å²) < 4.78 is 1.48. The van der Waals surface area contributed by atoms with E-state index in [1.54, 1.807) is 12.3 Å². The van der Waals surface area contributed by atoms with Gasteiger partial charge < -0.3 is 10.7 Å². The number of anilines is 1. The first-order valence-corrected chi connectivity index (χ1v) is 7.12. The van der Waals surface area contributed by atoms with E-state index in [4.69, 9.17) is 5.73 Å². The lowest BCUT2D eigenvalue weighted by molar-refractivity contribution is 0.871. The van der Waals surface area contributed by atoms with Crippen molar-refractivity contribution in [1.82, 2.24) is 19.7 Å². The van der Waals surface area contributed by atoms with Gasteiger partial charge in [-0.1, -0.05) is 36.4 Å².